The Kier molecular flexibility index (Phi) is 20.2. The quantitative estimate of drug-likeness (QED) is 0.0639. The van der Waals surface area contributed by atoms with Crippen LogP contribution in [0.5, 0.6) is 0 Å². The molecule has 0 N–H and O–H groups in total. The molecule has 4 rings (SSSR count). The Hall–Kier alpha value is -1.11. The molecule has 4 aliphatic carbocycles. The van der Waals surface area contributed by atoms with Gasteiger partial charge in [-0.05, 0) is 83.0 Å². The third-order valence-corrected chi connectivity index (χ3v) is 11.6. The SMILES string of the molecule is CCCCCCC(=O)CCCCOC12CC3CC(OCCCCC(=O)CCCCCC)(C1)CC(OCCCCC(=O)CCCCCC)(C3)C2. The van der Waals surface area contributed by atoms with Crippen molar-refractivity contribution in [2.75, 3.05) is 19.8 Å². The van der Waals surface area contributed by atoms with Crippen molar-refractivity contribution in [1.29, 1.82) is 0 Å². The lowest BCUT2D eigenvalue weighted by Crippen LogP contribution is -2.68. The summed E-state index contributed by atoms with van der Waals surface area (Å²) in [5.41, 5.74) is -0.647. The highest BCUT2D eigenvalue weighted by molar-refractivity contribution is 5.78. The maximum absolute atomic E-state index is 12.4. The first-order valence-corrected chi connectivity index (χ1v) is 21.2. The van der Waals surface area contributed by atoms with E-state index in [0.717, 1.165) is 135 Å². The Labute approximate surface area is 301 Å². The number of hydrogen-bond acceptors (Lipinski definition) is 6. The van der Waals surface area contributed by atoms with Crippen LogP contribution in [0.25, 0.3) is 0 Å². The van der Waals surface area contributed by atoms with Crippen LogP contribution in [0.4, 0.5) is 0 Å². The van der Waals surface area contributed by atoms with E-state index in [4.69, 9.17) is 14.2 Å². The lowest BCUT2D eigenvalue weighted by Gasteiger charge is -2.65. The van der Waals surface area contributed by atoms with Gasteiger partial charge in [0, 0.05) is 77.6 Å². The first-order valence-electron chi connectivity index (χ1n) is 21.2. The van der Waals surface area contributed by atoms with Gasteiger partial charge < -0.3 is 14.2 Å². The largest absolute Gasteiger partial charge is 0.375 e. The molecule has 6 heteroatoms. The van der Waals surface area contributed by atoms with Gasteiger partial charge in [-0.1, -0.05) is 78.6 Å². The summed E-state index contributed by atoms with van der Waals surface area (Å²) in [6.45, 7) is 8.70. The molecule has 4 saturated carbocycles. The van der Waals surface area contributed by atoms with Crippen LogP contribution in [0.3, 0.4) is 0 Å². The maximum atomic E-state index is 12.4. The van der Waals surface area contributed by atoms with E-state index in [1.807, 2.05) is 0 Å². The number of ketones is 3. The van der Waals surface area contributed by atoms with Gasteiger partial charge >= 0.3 is 0 Å². The van der Waals surface area contributed by atoms with Gasteiger partial charge in [-0.2, -0.15) is 0 Å². The van der Waals surface area contributed by atoms with Gasteiger partial charge in [-0.15, -0.1) is 0 Å². The molecule has 0 heterocycles. The Morgan fingerprint density at radius 3 is 0.939 bits per heavy atom. The van der Waals surface area contributed by atoms with E-state index >= 15 is 0 Å². The van der Waals surface area contributed by atoms with E-state index < -0.39 is 0 Å². The smallest absolute Gasteiger partial charge is 0.132 e. The Morgan fingerprint density at radius 1 is 0.408 bits per heavy atom. The summed E-state index contributed by atoms with van der Waals surface area (Å²) in [6.07, 6.45) is 29.6. The fourth-order valence-corrected chi connectivity index (χ4v) is 9.42. The second-order valence-corrected chi connectivity index (χ2v) is 16.5. The lowest BCUT2D eigenvalue weighted by molar-refractivity contribution is -0.291. The first kappa shape index (κ1) is 42.3. The normalized spacial score (nSPS) is 25.7. The van der Waals surface area contributed by atoms with Crippen molar-refractivity contribution < 1.29 is 28.6 Å². The van der Waals surface area contributed by atoms with Crippen molar-refractivity contribution in [2.45, 2.75) is 230 Å². The molecule has 0 spiro atoms. The molecule has 0 radical (unpaired) electrons. The Balaban J connectivity index is 1.49. The molecule has 0 aliphatic heterocycles. The summed E-state index contributed by atoms with van der Waals surface area (Å²) in [7, 11) is 0. The molecule has 0 amide bonds. The van der Waals surface area contributed by atoms with Crippen molar-refractivity contribution in [2.24, 2.45) is 5.92 Å². The molecule has 4 fully saturated rings. The molecule has 4 aliphatic rings. The molecule has 0 saturated heterocycles. The van der Waals surface area contributed by atoms with E-state index in [2.05, 4.69) is 20.8 Å². The van der Waals surface area contributed by atoms with Gasteiger partial charge in [-0.25, -0.2) is 0 Å². The molecule has 0 unspecified atom stereocenters. The summed E-state index contributed by atoms with van der Waals surface area (Å²) in [6, 6.07) is 0. The van der Waals surface area contributed by atoms with E-state index in [-0.39, 0.29) is 16.8 Å². The van der Waals surface area contributed by atoms with Gasteiger partial charge in [0.05, 0.1) is 16.8 Å². The third kappa shape index (κ3) is 16.0. The van der Waals surface area contributed by atoms with E-state index in [9.17, 15) is 14.4 Å². The van der Waals surface area contributed by atoms with Crippen LogP contribution in [-0.4, -0.2) is 54.0 Å². The van der Waals surface area contributed by atoms with Crippen LogP contribution < -0.4 is 0 Å². The molecular formula is C43H76O6. The second-order valence-electron chi connectivity index (χ2n) is 16.5. The number of rotatable bonds is 33. The van der Waals surface area contributed by atoms with Crippen LogP contribution in [0, 0.1) is 5.92 Å². The highest BCUT2D eigenvalue weighted by Crippen LogP contribution is 2.63. The van der Waals surface area contributed by atoms with Crippen molar-refractivity contribution in [3.63, 3.8) is 0 Å². The van der Waals surface area contributed by atoms with Crippen LogP contribution in [0.1, 0.15) is 213 Å². The number of carbonyl (C=O) groups excluding carboxylic acids is 3. The number of hydrogen-bond donors (Lipinski definition) is 0. The van der Waals surface area contributed by atoms with Crippen LogP contribution in [0.15, 0.2) is 0 Å². The molecular weight excluding hydrogens is 612 g/mol. The van der Waals surface area contributed by atoms with Crippen LogP contribution in [0.2, 0.25) is 0 Å². The summed E-state index contributed by atoms with van der Waals surface area (Å²) in [5.74, 6) is 1.75. The zero-order valence-corrected chi connectivity index (χ0v) is 32.4. The van der Waals surface area contributed by atoms with Crippen molar-refractivity contribution in [3.8, 4) is 0 Å². The Bertz CT molecular complexity index is 818. The molecule has 49 heavy (non-hydrogen) atoms. The highest BCUT2D eigenvalue weighted by Gasteiger charge is 2.65. The average Bonchev–Trinajstić information content (AvgIpc) is 3.06. The molecule has 284 valence electrons. The number of unbranched alkanes of at least 4 members (excludes halogenated alkanes) is 12. The minimum atomic E-state index is -0.216. The summed E-state index contributed by atoms with van der Waals surface area (Å²) in [5, 5.41) is 0. The van der Waals surface area contributed by atoms with Crippen molar-refractivity contribution in [1.82, 2.24) is 0 Å². The summed E-state index contributed by atoms with van der Waals surface area (Å²) < 4.78 is 20.6. The monoisotopic (exact) mass is 689 g/mol. The van der Waals surface area contributed by atoms with Crippen LogP contribution in [-0.2, 0) is 28.6 Å². The second kappa shape index (κ2) is 23.5. The van der Waals surface area contributed by atoms with Crippen molar-refractivity contribution >= 4 is 17.3 Å². The molecule has 6 nitrogen and oxygen atoms in total. The molecule has 0 aromatic carbocycles. The van der Waals surface area contributed by atoms with E-state index in [1.165, 1.54) is 38.5 Å². The van der Waals surface area contributed by atoms with E-state index in [1.54, 1.807) is 0 Å². The predicted molar refractivity (Wildman–Crippen MR) is 200 cm³/mol. The molecule has 0 aromatic rings. The standard InChI is InChI=1S/C43H76O6/c1-4-7-10-13-22-38(44)25-16-19-28-47-41-31-37-32-42(34-41,48-29-20-17-26-39(45)23-14-11-8-5-2)36-43(33-37,35-41)49-30-21-18-27-40(46)24-15-12-9-6-3/h37H,4-36H2,1-3H3. The van der Waals surface area contributed by atoms with Gasteiger partial charge in [0.15, 0.2) is 0 Å². The highest BCUT2D eigenvalue weighted by atomic mass is 16.5. The van der Waals surface area contributed by atoms with Gasteiger partial charge in [-0.3, -0.25) is 14.4 Å². The molecule has 0 atom stereocenters. The summed E-state index contributed by atoms with van der Waals surface area (Å²) >= 11 is 0. The number of Topliss-reactive ketones (excluding diaryl/α,β-unsaturated/α-hetero) is 3. The minimum Gasteiger partial charge on any atom is -0.375 e. The van der Waals surface area contributed by atoms with Crippen LogP contribution >= 0.6 is 0 Å². The van der Waals surface area contributed by atoms with Gasteiger partial charge in [0.1, 0.15) is 17.3 Å². The maximum Gasteiger partial charge on any atom is 0.132 e. The third-order valence-electron chi connectivity index (χ3n) is 11.6. The number of ether oxygens (including phenoxy) is 3. The van der Waals surface area contributed by atoms with Gasteiger partial charge in [0.2, 0.25) is 0 Å². The fourth-order valence-electron chi connectivity index (χ4n) is 9.42. The molecule has 0 aromatic heterocycles. The van der Waals surface area contributed by atoms with Crippen molar-refractivity contribution in [3.05, 3.63) is 0 Å². The fraction of sp³-hybridized carbons (Fsp3) is 0.930. The Morgan fingerprint density at radius 2 is 0.673 bits per heavy atom. The lowest BCUT2D eigenvalue weighted by atomic mass is 9.50. The number of carbonyl (C=O) groups is 3. The molecule has 4 bridgehead atoms. The zero-order valence-electron chi connectivity index (χ0n) is 32.4. The topological polar surface area (TPSA) is 78.9 Å². The average molecular weight is 689 g/mol. The minimum absolute atomic E-state index is 0.216. The predicted octanol–water partition coefficient (Wildman–Crippen LogP) is 11.4. The van der Waals surface area contributed by atoms with E-state index in [0.29, 0.717) is 62.4 Å². The zero-order chi connectivity index (χ0) is 35.3. The summed E-state index contributed by atoms with van der Waals surface area (Å²) in [4.78, 5) is 37.1. The van der Waals surface area contributed by atoms with Gasteiger partial charge in [0.25, 0.3) is 0 Å². The first-order chi connectivity index (χ1) is 23.8.